The molecule has 9 atom stereocenters. The maximum Gasteiger partial charge on any atom is 0.472 e. The van der Waals surface area contributed by atoms with Gasteiger partial charge in [0.1, 0.15) is 36.1 Å². The first-order chi connectivity index (χ1) is 20.5. The summed E-state index contributed by atoms with van der Waals surface area (Å²) in [6.07, 6.45) is -11.3. The zero-order valence-electron chi connectivity index (χ0n) is 22.4. The lowest BCUT2D eigenvalue weighted by Crippen LogP contribution is -2.40. The second kappa shape index (κ2) is 13.1. The van der Waals surface area contributed by atoms with Crippen molar-refractivity contribution in [3.8, 4) is 0 Å². The lowest BCUT2D eigenvalue weighted by Gasteiger charge is -2.25. The number of carbonyl (C=O) groups is 1. The van der Waals surface area contributed by atoms with Crippen molar-refractivity contribution >= 4 is 33.3 Å². The molecule has 2 fully saturated rings. The van der Waals surface area contributed by atoms with Crippen molar-refractivity contribution in [1.82, 2.24) is 19.1 Å². The van der Waals surface area contributed by atoms with E-state index in [0.717, 1.165) is 30.0 Å². The van der Waals surface area contributed by atoms with Crippen molar-refractivity contribution in [2.45, 2.75) is 56.0 Å². The molecule has 2 saturated heterocycles. The van der Waals surface area contributed by atoms with E-state index >= 15 is 0 Å². The van der Waals surface area contributed by atoms with Gasteiger partial charge < -0.3 is 50.6 Å². The van der Waals surface area contributed by atoms with Crippen molar-refractivity contribution in [2.75, 3.05) is 24.7 Å². The SMILES string of the molecule is CC(=O)O[C@H]1[C@@H](OP(=O)(O)O)[C@H](n2ccc(N)nc2=O)O[C@@H]1COP(=O)(O)O[C@H]1[C@@H](O)[C@H](n2ccc(N)nc2=O)O[C@@H]1CO. The molecule has 2 aliphatic heterocycles. The summed E-state index contributed by atoms with van der Waals surface area (Å²) in [5.74, 6) is -1.33. The summed E-state index contributed by atoms with van der Waals surface area (Å²) in [4.78, 5) is 72.9. The molecule has 4 rings (SSSR count). The normalized spacial score (nSPS) is 30.2. The van der Waals surface area contributed by atoms with Gasteiger partial charge in [-0.05, 0) is 12.1 Å². The Balaban J connectivity index is 1.55. The molecule has 22 nitrogen and oxygen atoms in total. The summed E-state index contributed by atoms with van der Waals surface area (Å²) < 4.78 is 57.1. The Morgan fingerprint density at radius 3 is 1.98 bits per heavy atom. The largest absolute Gasteiger partial charge is 0.472 e. The van der Waals surface area contributed by atoms with Crippen LogP contribution in [0.4, 0.5) is 11.6 Å². The van der Waals surface area contributed by atoms with Crippen LogP contribution in [0.25, 0.3) is 0 Å². The molecule has 0 radical (unpaired) electrons. The van der Waals surface area contributed by atoms with Crippen LogP contribution in [0.5, 0.6) is 0 Å². The summed E-state index contributed by atoms with van der Waals surface area (Å²) in [5.41, 5.74) is 8.94. The number of anilines is 2. The van der Waals surface area contributed by atoms with Gasteiger partial charge in [0.15, 0.2) is 24.7 Å². The molecule has 2 aliphatic rings. The molecule has 2 aromatic rings. The Bertz CT molecular complexity index is 1580. The van der Waals surface area contributed by atoms with Crippen LogP contribution < -0.4 is 22.8 Å². The Kier molecular flexibility index (Phi) is 10.0. The molecule has 0 aliphatic carbocycles. The van der Waals surface area contributed by atoms with Gasteiger partial charge in [-0.1, -0.05) is 0 Å². The summed E-state index contributed by atoms with van der Waals surface area (Å²) in [7, 11) is -10.6. The third-order valence-corrected chi connectivity index (χ3v) is 7.75. The van der Waals surface area contributed by atoms with Crippen molar-refractivity contribution in [3.63, 3.8) is 0 Å². The average Bonchev–Trinajstić information content (AvgIpc) is 3.38. The molecule has 24 heteroatoms. The number of nitrogens with two attached hydrogens (primary N) is 2. The first-order valence-corrected chi connectivity index (χ1v) is 15.4. The van der Waals surface area contributed by atoms with Gasteiger partial charge in [0.2, 0.25) is 0 Å². The van der Waals surface area contributed by atoms with Crippen molar-refractivity contribution in [1.29, 1.82) is 0 Å². The van der Waals surface area contributed by atoms with Crippen molar-refractivity contribution in [3.05, 3.63) is 45.5 Å². The summed E-state index contributed by atoms with van der Waals surface area (Å²) >= 11 is 0. The third kappa shape index (κ3) is 7.75. The van der Waals surface area contributed by atoms with E-state index in [1.807, 2.05) is 0 Å². The van der Waals surface area contributed by atoms with Crippen LogP contribution in [0.15, 0.2) is 34.1 Å². The van der Waals surface area contributed by atoms with E-state index in [1.165, 1.54) is 6.07 Å². The minimum Gasteiger partial charge on any atom is -0.457 e. The Morgan fingerprint density at radius 1 is 0.932 bits per heavy atom. The molecule has 0 spiro atoms. The van der Waals surface area contributed by atoms with Gasteiger partial charge in [0.05, 0.1) is 13.2 Å². The molecular weight excluding hydrogens is 642 g/mol. The fourth-order valence-electron chi connectivity index (χ4n) is 4.49. The van der Waals surface area contributed by atoms with Crippen LogP contribution in [-0.2, 0) is 41.7 Å². The Labute approximate surface area is 245 Å². The zero-order valence-corrected chi connectivity index (χ0v) is 24.2. The van der Waals surface area contributed by atoms with Gasteiger partial charge in [-0.3, -0.25) is 27.5 Å². The summed E-state index contributed by atoms with van der Waals surface area (Å²) in [6, 6.07) is 2.36. The summed E-state index contributed by atoms with van der Waals surface area (Å²) in [5, 5.41) is 20.5. The highest BCUT2D eigenvalue weighted by Crippen LogP contribution is 2.50. The fourth-order valence-corrected chi connectivity index (χ4v) is 5.99. The number of aromatic nitrogens is 4. The predicted octanol–water partition coefficient (Wildman–Crippen LogP) is -3.28. The first-order valence-electron chi connectivity index (χ1n) is 12.4. The number of aliphatic hydroxyl groups is 2. The molecule has 0 bridgehead atoms. The number of aliphatic hydroxyl groups excluding tert-OH is 2. The van der Waals surface area contributed by atoms with Gasteiger partial charge in [-0.15, -0.1) is 0 Å². The smallest absolute Gasteiger partial charge is 0.457 e. The number of nitrogen functional groups attached to an aromatic ring is 2. The maximum atomic E-state index is 12.9. The molecule has 0 saturated carbocycles. The number of phosphoric acid groups is 2. The number of phosphoric ester groups is 2. The van der Waals surface area contributed by atoms with E-state index in [0.29, 0.717) is 4.57 Å². The standard InChI is InChI=1S/C20H28N6O16P2/c1-8(28)38-15-10(40-18(16(15)41-43(32,33)34)26-5-3-12(22)24-20(26)31)7-37-44(35,36)42-14-9(6-27)39-17(13(14)29)25-4-2-11(21)23-19(25)30/h2-5,9-10,13-18,27,29H,6-7H2,1H3,(H,35,36)(H2,21,23,30)(H2,22,24,31)(H2,32,33,34)/t9-,10-,13-,14-,15-,16-,17-,18-/m1/s1. The van der Waals surface area contributed by atoms with Crippen LogP contribution in [0.1, 0.15) is 19.4 Å². The van der Waals surface area contributed by atoms with Gasteiger partial charge in [-0.25, -0.2) is 18.7 Å². The van der Waals surface area contributed by atoms with E-state index in [-0.39, 0.29) is 11.6 Å². The first kappa shape index (κ1) is 33.8. The number of ether oxygens (including phenoxy) is 3. The highest BCUT2D eigenvalue weighted by Gasteiger charge is 2.53. The Morgan fingerprint density at radius 2 is 1.48 bits per heavy atom. The molecule has 4 heterocycles. The topological polar surface area (TPSA) is 330 Å². The molecule has 9 N–H and O–H groups in total. The number of carbonyl (C=O) groups excluding carboxylic acids is 1. The van der Waals surface area contributed by atoms with Crippen LogP contribution in [0.3, 0.4) is 0 Å². The number of hydrogen-bond acceptors (Lipinski definition) is 17. The lowest BCUT2D eigenvalue weighted by atomic mass is 10.1. The van der Waals surface area contributed by atoms with E-state index in [2.05, 4.69) is 9.97 Å². The van der Waals surface area contributed by atoms with Gasteiger partial charge in [-0.2, -0.15) is 9.97 Å². The second-order valence-electron chi connectivity index (χ2n) is 9.36. The molecule has 44 heavy (non-hydrogen) atoms. The average molecular weight is 670 g/mol. The fraction of sp³-hybridized carbons (Fsp3) is 0.550. The minimum atomic E-state index is -5.33. The summed E-state index contributed by atoms with van der Waals surface area (Å²) in [6.45, 7) is -0.895. The van der Waals surface area contributed by atoms with Crippen molar-refractivity contribution < 1.29 is 66.6 Å². The number of nitrogens with zero attached hydrogens (tertiary/aromatic N) is 4. The van der Waals surface area contributed by atoms with Crippen LogP contribution in [0, 0.1) is 0 Å². The molecular formula is C20H28N6O16P2. The second-order valence-corrected chi connectivity index (χ2v) is 12.0. The van der Waals surface area contributed by atoms with Crippen molar-refractivity contribution in [2.24, 2.45) is 0 Å². The van der Waals surface area contributed by atoms with Gasteiger partial charge in [0, 0.05) is 19.3 Å². The monoisotopic (exact) mass is 670 g/mol. The van der Waals surface area contributed by atoms with E-state index < -0.39 is 95.3 Å². The molecule has 2 aromatic heterocycles. The van der Waals surface area contributed by atoms with E-state index in [4.69, 9.17) is 39.2 Å². The highest BCUT2D eigenvalue weighted by atomic mass is 31.2. The van der Waals surface area contributed by atoms with Crippen LogP contribution >= 0.6 is 15.6 Å². The quantitative estimate of drug-likeness (QED) is 0.0910. The van der Waals surface area contributed by atoms with E-state index in [9.17, 15) is 48.4 Å². The third-order valence-electron chi connectivity index (χ3n) is 6.24. The van der Waals surface area contributed by atoms with Gasteiger partial charge in [0.25, 0.3) is 0 Å². The van der Waals surface area contributed by atoms with E-state index in [1.54, 1.807) is 0 Å². The lowest BCUT2D eigenvalue weighted by molar-refractivity contribution is -0.153. The predicted molar refractivity (Wildman–Crippen MR) is 140 cm³/mol. The number of esters is 1. The minimum absolute atomic E-state index is 0.132. The maximum absolute atomic E-state index is 12.9. The zero-order chi connectivity index (χ0) is 32.6. The molecule has 244 valence electrons. The number of rotatable bonds is 11. The number of hydrogen-bond donors (Lipinski definition) is 7. The Hall–Kier alpha value is -3.11. The molecule has 0 aromatic carbocycles. The van der Waals surface area contributed by atoms with Crippen LogP contribution in [0.2, 0.25) is 0 Å². The van der Waals surface area contributed by atoms with Gasteiger partial charge >= 0.3 is 33.0 Å². The molecule has 0 amide bonds. The van der Waals surface area contributed by atoms with Crippen LogP contribution in [-0.4, -0.2) is 99.8 Å². The molecule has 1 unspecified atom stereocenters. The highest BCUT2D eigenvalue weighted by molar-refractivity contribution is 7.47.